The lowest BCUT2D eigenvalue weighted by molar-refractivity contribution is -0.318. The summed E-state index contributed by atoms with van der Waals surface area (Å²) in [6, 6.07) is 0. The number of hydrogen-bond donors (Lipinski definition) is 6. The van der Waals surface area contributed by atoms with Crippen molar-refractivity contribution < 1.29 is 120 Å². The van der Waals surface area contributed by atoms with E-state index < -0.39 is 79.7 Å². The lowest BCUT2D eigenvalue weighted by Gasteiger charge is -2.43. The van der Waals surface area contributed by atoms with Gasteiger partial charge in [0.15, 0.2) is 0 Å². The van der Waals surface area contributed by atoms with Gasteiger partial charge in [-0.15, -0.1) is 0 Å². The first-order valence-corrected chi connectivity index (χ1v) is 28.8. The zero-order valence-corrected chi connectivity index (χ0v) is 48.6. The van der Waals surface area contributed by atoms with Crippen LogP contribution < -0.4 is 0 Å². The highest BCUT2D eigenvalue weighted by atomic mass is 31.2. The number of phosphoric acid groups is 1. The highest BCUT2D eigenvalue weighted by molar-refractivity contribution is 7.50. The average Bonchev–Trinajstić information content (AvgIpc) is 3.41. The Labute approximate surface area is 456 Å². The molecule has 0 aromatic carbocycles. The fourth-order valence-electron chi connectivity index (χ4n) is 6.47. The number of phosphoric ester groups is 1. The van der Waals surface area contributed by atoms with E-state index in [0.717, 1.165) is 59.3 Å². The van der Waals surface area contributed by atoms with Crippen LogP contribution in [0.2, 0.25) is 0 Å². The number of rotatable bonds is 54. The van der Waals surface area contributed by atoms with Crippen molar-refractivity contribution in [3.05, 3.63) is 0 Å². The molecule has 458 valence electrons. The van der Waals surface area contributed by atoms with Crippen molar-refractivity contribution in [2.75, 3.05) is 139 Å². The third kappa shape index (κ3) is 26.1. The van der Waals surface area contributed by atoms with Crippen molar-refractivity contribution in [3.63, 3.8) is 0 Å². The maximum absolute atomic E-state index is 15.2. The van der Waals surface area contributed by atoms with Crippen molar-refractivity contribution in [2.24, 2.45) is 0 Å². The molecule has 3 atom stereocenters. The van der Waals surface area contributed by atoms with E-state index in [4.69, 9.17) is 70.4 Å². The summed E-state index contributed by atoms with van der Waals surface area (Å²) in [6.45, 7) is 8.63. The zero-order valence-electron chi connectivity index (χ0n) is 47.7. The molecule has 0 aromatic heterocycles. The molecule has 0 aliphatic heterocycles. The lowest BCUT2D eigenvalue weighted by Crippen LogP contribution is -2.65. The molecule has 0 aromatic rings. The smallest absolute Gasteiger partial charge is 0.393 e. The van der Waals surface area contributed by atoms with Crippen LogP contribution in [0, 0.1) is 0 Å². The van der Waals surface area contributed by atoms with Crippen LogP contribution in [0.4, 0.5) is 0 Å². The van der Waals surface area contributed by atoms with Gasteiger partial charge < -0.3 is 101 Å². The van der Waals surface area contributed by atoms with Crippen LogP contribution in [-0.2, 0) is 89.4 Å². The average molecular weight is 1140 g/mol. The predicted molar refractivity (Wildman–Crippen MR) is 277 cm³/mol. The van der Waals surface area contributed by atoms with Gasteiger partial charge >= 0.3 is 25.7 Å². The zero-order chi connectivity index (χ0) is 58.2. The monoisotopic (exact) mass is 1140 g/mol. The minimum atomic E-state index is -6.53. The maximum atomic E-state index is 15.2. The van der Waals surface area contributed by atoms with E-state index in [-0.39, 0.29) is 79.3 Å². The standard InChI is InChI=1S/C51H99O25P/c1-10-16-22-62-28-34-68-46(7,69-35-29-63-23-17-11-2)49(58,40-52)43(55)74-77(61,75-44(56)50(59,41-53)47(8,70-36-30-64-24-18-12-3)71-37-31-65-25-19-13-4)76-45(57)51(60,42-54)48(9,72-38-32-66-26-20-14-5)73-39-33-67-27-21-15-6/h52-54,58-60H,10-42H2,1-9H3. The molecule has 26 heteroatoms. The largest absolute Gasteiger partial charge is 0.654 e. The van der Waals surface area contributed by atoms with Crippen molar-refractivity contribution in [1.82, 2.24) is 0 Å². The minimum Gasteiger partial charge on any atom is -0.393 e. The van der Waals surface area contributed by atoms with Crippen LogP contribution in [0.15, 0.2) is 0 Å². The second-order valence-electron chi connectivity index (χ2n) is 18.4. The van der Waals surface area contributed by atoms with Gasteiger partial charge in [0.25, 0.3) is 0 Å². The summed E-state index contributed by atoms with van der Waals surface area (Å²) in [7, 11) is -6.53. The molecular formula is C51H99O25P. The van der Waals surface area contributed by atoms with E-state index in [0.29, 0.717) is 78.2 Å². The number of carbonyl (C=O) groups excluding carboxylic acids is 3. The van der Waals surface area contributed by atoms with E-state index >= 15 is 4.57 Å². The Morgan fingerprint density at radius 3 is 0.636 bits per heavy atom. The van der Waals surface area contributed by atoms with Gasteiger partial charge in [0.1, 0.15) is 0 Å². The molecule has 0 saturated carbocycles. The van der Waals surface area contributed by atoms with Crippen LogP contribution in [0.1, 0.15) is 139 Å². The second-order valence-corrected chi connectivity index (χ2v) is 19.8. The van der Waals surface area contributed by atoms with Crippen LogP contribution >= 0.6 is 7.82 Å². The minimum absolute atomic E-state index is 0.118. The molecule has 0 saturated heterocycles. The van der Waals surface area contributed by atoms with E-state index in [1.54, 1.807) is 0 Å². The molecule has 0 bridgehead atoms. The molecule has 0 heterocycles. The van der Waals surface area contributed by atoms with Crippen molar-refractivity contribution in [1.29, 1.82) is 0 Å². The number of unbranched alkanes of at least 4 members (excludes halogenated alkanes) is 6. The van der Waals surface area contributed by atoms with E-state index in [9.17, 15) is 45.0 Å². The summed E-state index contributed by atoms with van der Waals surface area (Å²) >= 11 is 0. The molecule has 0 amide bonds. The SMILES string of the molecule is CCCCOCCOC(C)(OCCOCCCC)C(O)(CO)C(=O)OP(=O)(OC(=O)C(O)(CO)C(C)(OCCOCCCC)OCCOCCCC)OC(=O)C(O)(CO)C(C)(OCCOCCCC)OCCOCCCC. The molecule has 0 fully saturated rings. The maximum Gasteiger partial charge on any atom is 0.654 e. The summed E-state index contributed by atoms with van der Waals surface area (Å²) < 4.78 is 98.9. The molecule has 0 spiro atoms. The van der Waals surface area contributed by atoms with Gasteiger partial charge in [0.2, 0.25) is 34.2 Å². The molecule has 0 radical (unpaired) electrons. The number of hydrogen-bond acceptors (Lipinski definition) is 25. The van der Waals surface area contributed by atoms with Gasteiger partial charge in [-0.3, -0.25) is 0 Å². The molecule has 25 nitrogen and oxygen atoms in total. The van der Waals surface area contributed by atoms with Crippen molar-refractivity contribution >= 4 is 25.7 Å². The Hall–Kier alpha value is -2.08. The van der Waals surface area contributed by atoms with E-state index in [1.165, 1.54) is 0 Å². The van der Waals surface area contributed by atoms with Crippen molar-refractivity contribution in [2.45, 2.75) is 174 Å². The molecule has 6 N–H and O–H groups in total. The number of ether oxygens (including phenoxy) is 12. The van der Waals surface area contributed by atoms with E-state index in [2.05, 4.69) is 0 Å². The first-order chi connectivity index (χ1) is 36.7. The van der Waals surface area contributed by atoms with Crippen LogP contribution in [0.5, 0.6) is 0 Å². The van der Waals surface area contributed by atoms with Gasteiger partial charge in [-0.25, -0.2) is 14.4 Å². The normalized spacial score (nSPS) is 15.6. The predicted octanol–water partition coefficient (Wildman–Crippen LogP) is 4.04. The summed E-state index contributed by atoms with van der Waals surface area (Å²) in [5.41, 5.74) is -10.4. The fraction of sp³-hybridized carbons (Fsp3) is 0.941. The highest BCUT2D eigenvalue weighted by Gasteiger charge is 2.65. The topological polar surface area (TPSA) is 328 Å². The Bertz CT molecular complexity index is 1350. The fourth-order valence-corrected chi connectivity index (χ4v) is 7.65. The van der Waals surface area contributed by atoms with Crippen LogP contribution in [0.3, 0.4) is 0 Å². The Morgan fingerprint density at radius 2 is 0.494 bits per heavy atom. The first-order valence-electron chi connectivity index (χ1n) is 27.3. The van der Waals surface area contributed by atoms with E-state index in [1.807, 2.05) is 41.5 Å². The molecule has 0 aliphatic rings. The lowest BCUT2D eigenvalue weighted by atomic mass is 9.95. The molecule has 3 unspecified atom stereocenters. The highest BCUT2D eigenvalue weighted by Crippen LogP contribution is 2.54. The molecule has 0 aliphatic carbocycles. The van der Waals surface area contributed by atoms with Crippen LogP contribution in [-0.4, -0.2) is 221 Å². The summed E-state index contributed by atoms with van der Waals surface area (Å²) in [5.74, 6) is -14.6. The third-order valence-electron chi connectivity index (χ3n) is 12.0. The summed E-state index contributed by atoms with van der Waals surface area (Å²) in [4.78, 5) is 43.5. The Morgan fingerprint density at radius 1 is 0.325 bits per heavy atom. The van der Waals surface area contributed by atoms with Crippen molar-refractivity contribution in [3.8, 4) is 0 Å². The second kappa shape index (κ2) is 41.8. The molecule has 0 rings (SSSR count). The Kier molecular flexibility index (Phi) is 40.7. The molecule has 77 heavy (non-hydrogen) atoms. The summed E-state index contributed by atoms with van der Waals surface area (Å²) in [5, 5.41) is 68.8. The number of aliphatic hydroxyl groups excluding tert-OH is 3. The van der Waals surface area contributed by atoms with Crippen LogP contribution in [0.25, 0.3) is 0 Å². The summed E-state index contributed by atoms with van der Waals surface area (Å²) in [6.07, 6.45) is 8.97. The quantitative estimate of drug-likeness (QED) is 0.0284. The van der Waals surface area contributed by atoms with Gasteiger partial charge in [-0.1, -0.05) is 80.1 Å². The van der Waals surface area contributed by atoms with Gasteiger partial charge in [-0.05, 0) is 59.3 Å². The van der Waals surface area contributed by atoms with Gasteiger partial charge in [0, 0.05) is 39.6 Å². The number of aliphatic hydroxyl groups is 6. The third-order valence-corrected chi connectivity index (χ3v) is 13.2. The first kappa shape index (κ1) is 74.9. The number of carbonyl (C=O) groups is 3. The Balaban J connectivity index is 7.81. The van der Waals surface area contributed by atoms with Gasteiger partial charge in [0.05, 0.1) is 99.1 Å². The molecular weight excluding hydrogens is 1040 g/mol. The van der Waals surface area contributed by atoms with Gasteiger partial charge in [-0.2, -0.15) is 4.57 Å².